The van der Waals surface area contributed by atoms with Gasteiger partial charge in [-0.05, 0) is 54.7 Å². The predicted molar refractivity (Wildman–Crippen MR) is 127 cm³/mol. The number of benzene rings is 2. The summed E-state index contributed by atoms with van der Waals surface area (Å²) in [7, 11) is 0. The van der Waals surface area contributed by atoms with Crippen molar-refractivity contribution in [3.05, 3.63) is 90.5 Å². The van der Waals surface area contributed by atoms with E-state index in [4.69, 9.17) is 15.8 Å². The van der Waals surface area contributed by atoms with E-state index >= 15 is 0 Å². The van der Waals surface area contributed by atoms with Gasteiger partial charge in [0.15, 0.2) is 0 Å². The van der Waals surface area contributed by atoms with Gasteiger partial charge in [0.25, 0.3) is 11.5 Å². The van der Waals surface area contributed by atoms with E-state index in [1.165, 1.54) is 12.0 Å². The van der Waals surface area contributed by atoms with Crippen LogP contribution in [0.2, 0.25) is 0 Å². The van der Waals surface area contributed by atoms with E-state index < -0.39 is 0 Å². The molecule has 1 aliphatic rings. The summed E-state index contributed by atoms with van der Waals surface area (Å²) in [5, 5.41) is 6.06. The second kappa shape index (κ2) is 7.24. The molecular weight excluding hydrogens is 394 g/mol. The highest BCUT2D eigenvalue weighted by atomic mass is 15.4. The number of hydrogen-bond acceptors (Lipinski definition) is 3. The van der Waals surface area contributed by atoms with Gasteiger partial charge in [-0.15, -0.1) is 0 Å². The molecule has 32 heavy (non-hydrogen) atoms. The van der Waals surface area contributed by atoms with E-state index in [-0.39, 0.29) is 5.54 Å². The fourth-order valence-corrected chi connectivity index (χ4v) is 4.76. The van der Waals surface area contributed by atoms with Crippen LogP contribution in [0.15, 0.2) is 79.1 Å². The molecule has 0 radical (unpaired) electrons. The summed E-state index contributed by atoms with van der Waals surface area (Å²) in [6.45, 7) is 2.14. The van der Waals surface area contributed by atoms with Gasteiger partial charge >= 0.3 is 0 Å². The van der Waals surface area contributed by atoms with E-state index in [1.54, 1.807) is 0 Å². The summed E-state index contributed by atoms with van der Waals surface area (Å²) in [5.74, 6) is 1.02. The molecule has 0 atom stereocenters. The first-order chi connectivity index (χ1) is 15.7. The number of aromatic nitrogens is 4. The van der Waals surface area contributed by atoms with Crippen molar-refractivity contribution in [2.75, 3.05) is 0 Å². The summed E-state index contributed by atoms with van der Waals surface area (Å²) in [6, 6.07) is 23.3. The lowest BCUT2D eigenvalue weighted by Crippen LogP contribution is -2.43. The van der Waals surface area contributed by atoms with Crippen LogP contribution in [0.4, 0.5) is 0 Å². The molecule has 3 heterocycles. The number of aryl methyl sites for hydroxylation is 1. The zero-order valence-electron chi connectivity index (χ0n) is 18.2. The second-order valence-electron chi connectivity index (χ2n) is 8.77. The fraction of sp³-hybridized carbons (Fsp3) is 0.222. The molecule has 0 amide bonds. The molecule has 6 rings (SSSR count). The zero-order valence-corrected chi connectivity index (χ0v) is 18.2. The summed E-state index contributed by atoms with van der Waals surface area (Å²) in [4.78, 5) is 4.77. The predicted octanol–water partition coefficient (Wildman–Crippen LogP) is 4.73. The molecule has 2 N–H and O–H groups in total. The Kier molecular flexibility index (Phi) is 4.33. The van der Waals surface area contributed by atoms with Crippen molar-refractivity contribution in [1.82, 2.24) is 14.8 Å². The van der Waals surface area contributed by atoms with Gasteiger partial charge < -0.3 is 5.73 Å². The van der Waals surface area contributed by atoms with Crippen molar-refractivity contribution in [2.45, 2.75) is 38.1 Å². The molecule has 158 valence electrons. The van der Waals surface area contributed by atoms with Crippen LogP contribution in [0.1, 0.15) is 37.6 Å². The number of fused-ring (bicyclic) bond motifs is 3. The number of rotatable bonds is 4. The molecule has 0 bridgehead atoms. The van der Waals surface area contributed by atoms with E-state index in [9.17, 15) is 0 Å². The second-order valence-corrected chi connectivity index (χ2v) is 8.77. The summed E-state index contributed by atoms with van der Waals surface area (Å²) in [6.07, 6.45) is 8.20. The molecule has 0 unspecified atom stereocenters. The Bertz CT molecular complexity index is 1430. The lowest BCUT2D eigenvalue weighted by Gasteiger charge is -2.38. The number of hydrogen-bond donors (Lipinski definition) is 1. The highest BCUT2D eigenvalue weighted by molar-refractivity contribution is 5.92. The quantitative estimate of drug-likeness (QED) is 0.428. The number of pyridine rings is 2. The lowest BCUT2D eigenvalue weighted by atomic mass is 9.73. The van der Waals surface area contributed by atoms with Crippen LogP contribution in [-0.2, 0) is 12.0 Å². The molecule has 1 aliphatic carbocycles. The first-order valence-electron chi connectivity index (χ1n) is 11.3. The molecule has 1 saturated carbocycles. The topological polar surface area (TPSA) is 60.8 Å². The third-order valence-electron chi connectivity index (χ3n) is 6.82. The first kappa shape index (κ1) is 19.1. The molecule has 0 saturated heterocycles. The summed E-state index contributed by atoms with van der Waals surface area (Å²) < 4.78 is 4.23. The third-order valence-corrected chi connectivity index (χ3v) is 6.82. The molecule has 5 heteroatoms. The minimum atomic E-state index is -0.157. The lowest BCUT2D eigenvalue weighted by molar-refractivity contribution is -0.520. The van der Waals surface area contributed by atoms with Crippen LogP contribution in [0, 0.1) is 0 Å². The number of nitrogens with zero attached hydrogens (tertiary/aromatic N) is 4. The minimum Gasteiger partial charge on any atom is -0.321 e. The van der Waals surface area contributed by atoms with E-state index in [0.29, 0.717) is 0 Å². The minimum absolute atomic E-state index is 0.157. The van der Waals surface area contributed by atoms with Gasteiger partial charge in [0.2, 0.25) is 0 Å². The Morgan fingerprint density at radius 1 is 1.00 bits per heavy atom. The molecule has 0 spiro atoms. The van der Waals surface area contributed by atoms with Gasteiger partial charge in [0, 0.05) is 28.8 Å². The average molecular weight is 421 g/mol. The molecule has 1 fully saturated rings. The van der Waals surface area contributed by atoms with Crippen LogP contribution in [0.25, 0.3) is 33.4 Å². The maximum atomic E-state index is 6.54. The molecule has 3 aromatic heterocycles. The first-order valence-corrected chi connectivity index (χ1v) is 11.3. The average Bonchev–Trinajstić information content (AvgIpc) is 3.22. The monoisotopic (exact) mass is 420 g/mol. The van der Waals surface area contributed by atoms with Crippen molar-refractivity contribution in [3.63, 3.8) is 0 Å². The zero-order chi connectivity index (χ0) is 21.7. The maximum Gasteiger partial charge on any atom is 0.282 e. The van der Waals surface area contributed by atoms with E-state index in [1.807, 2.05) is 16.9 Å². The van der Waals surface area contributed by atoms with Crippen molar-refractivity contribution < 1.29 is 4.40 Å². The van der Waals surface area contributed by atoms with Gasteiger partial charge in [0.05, 0.1) is 17.1 Å². The van der Waals surface area contributed by atoms with Gasteiger partial charge in [0.1, 0.15) is 5.69 Å². The van der Waals surface area contributed by atoms with Crippen molar-refractivity contribution in [2.24, 2.45) is 5.73 Å². The van der Waals surface area contributed by atoms with E-state index in [0.717, 1.165) is 58.5 Å². The van der Waals surface area contributed by atoms with Crippen molar-refractivity contribution >= 4 is 16.6 Å². The van der Waals surface area contributed by atoms with Gasteiger partial charge in [-0.3, -0.25) is 4.98 Å². The Hall–Kier alpha value is -3.57. The Balaban J connectivity index is 1.56. The smallest absolute Gasteiger partial charge is 0.282 e. The van der Waals surface area contributed by atoms with Crippen LogP contribution in [-0.4, -0.2) is 14.8 Å². The van der Waals surface area contributed by atoms with Crippen LogP contribution >= 0.6 is 0 Å². The van der Waals surface area contributed by atoms with Crippen molar-refractivity contribution in [3.8, 4) is 16.8 Å². The Morgan fingerprint density at radius 2 is 1.78 bits per heavy atom. The fourth-order valence-electron chi connectivity index (χ4n) is 4.76. The van der Waals surface area contributed by atoms with Crippen LogP contribution in [0.5, 0.6) is 0 Å². The third kappa shape index (κ3) is 2.93. The molecule has 5 aromatic rings. The molecular formula is C27H26N5+. The summed E-state index contributed by atoms with van der Waals surface area (Å²) >= 11 is 0. The summed E-state index contributed by atoms with van der Waals surface area (Å²) in [5.41, 5.74) is 12.9. The van der Waals surface area contributed by atoms with Gasteiger partial charge in [-0.1, -0.05) is 54.1 Å². The van der Waals surface area contributed by atoms with Gasteiger partial charge in [-0.25, -0.2) is 4.40 Å². The van der Waals surface area contributed by atoms with Crippen LogP contribution in [0.3, 0.4) is 0 Å². The normalized spacial score (nSPS) is 15.2. The molecule has 5 nitrogen and oxygen atoms in total. The van der Waals surface area contributed by atoms with Crippen molar-refractivity contribution in [1.29, 1.82) is 0 Å². The maximum absolute atomic E-state index is 6.54. The number of nitrogens with two attached hydrogens (primary N) is 1. The Morgan fingerprint density at radius 3 is 2.47 bits per heavy atom. The highest BCUT2D eigenvalue weighted by Gasteiger charge is 2.34. The van der Waals surface area contributed by atoms with Gasteiger partial charge in [-0.2, -0.15) is 0 Å². The molecule has 0 aliphatic heterocycles. The largest absolute Gasteiger partial charge is 0.321 e. The highest BCUT2D eigenvalue weighted by Crippen LogP contribution is 2.38. The Labute approximate surface area is 187 Å². The standard InChI is InChI=1S/C27H26N5/c1-2-25-30-32(22-11-9-21(10-12-22)27(28)14-6-15-27)26-23-17-20(19-7-4-3-5-8-19)18-29-24(23)13-16-31(25)26/h3-5,7-13,16-18H,2,6,14-15,28H2,1H3/q+1. The molecule has 2 aromatic carbocycles. The van der Waals surface area contributed by atoms with Crippen LogP contribution < -0.4 is 10.1 Å². The van der Waals surface area contributed by atoms with E-state index in [2.05, 4.69) is 78.2 Å². The SMILES string of the molecule is CCc1nn(-c2ccc(C3(N)CCC3)cc2)c2c3cc(-c4ccccc4)cnc3cc[n+]12.